The highest BCUT2D eigenvalue weighted by atomic mass is 16.2. The zero-order chi connectivity index (χ0) is 13.1. The molecule has 0 radical (unpaired) electrons. The van der Waals surface area contributed by atoms with Crippen LogP contribution in [0.15, 0.2) is 36.9 Å². The van der Waals surface area contributed by atoms with Crippen LogP contribution in [0, 0.1) is 0 Å². The Labute approximate surface area is 111 Å². The topological polar surface area (TPSA) is 59.0 Å². The normalized spacial score (nSPS) is 14.6. The molecule has 19 heavy (non-hydrogen) atoms. The van der Waals surface area contributed by atoms with Crippen LogP contribution < -0.4 is 0 Å². The van der Waals surface area contributed by atoms with Crippen LogP contribution in [-0.4, -0.2) is 38.8 Å². The van der Waals surface area contributed by atoms with Gasteiger partial charge in [0.15, 0.2) is 0 Å². The second kappa shape index (κ2) is 5.14. The molecule has 5 heteroatoms. The van der Waals surface area contributed by atoms with E-state index in [-0.39, 0.29) is 5.91 Å². The number of likely N-dealkylation sites (tertiary alicyclic amines) is 1. The van der Waals surface area contributed by atoms with Crippen LogP contribution in [0.4, 0.5) is 0 Å². The summed E-state index contributed by atoms with van der Waals surface area (Å²) in [5.74, 6) is -0.0317. The van der Waals surface area contributed by atoms with E-state index in [2.05, 4.69) is 15.0 Å². The van der Waals surface area contributed by atoms with Gasteiger partial charge in [-0.15, -0.1) is 0 Å². The fourth-order valence-electron chi connectivity index (χ4n) is 2.20. The van der Waals surface area contributed by atoms with E-state index in [1.165, 1.54) is 6.20 Å². The molecule has 1 aliphatic heterocycles. The minimum Gasteiger partial charge on any atom is -0.337 e. The van der Waals surface area contributed by atoms with Gasteiger partial charge in [0.1, 0.15) is 5.69 Å². The van der Waals surface area contributed by atoms with E-state index in [0.717, 1.165) is 31.5 Å². The summed E-state index contributed by atoms with van der Waals surface area (Å²) < 4.78 is 0. The van der Waals surface area contributed by atoms with Gasteiger partial charge in [0.05, 0.1) is 18.1 Å². The van der Waals surface area contributed by atoms with Crippen molar-refractivity contribution in [2.45, 2.75) is 12.8 Å². The molecule has 96 valence electrons. The Morgan fingerprint density at radius 2 is 1.95 bits per heavy atom. The van der Waals surface area contributed by atoms with E-state index in [9.17, 15) is 4.79 Å². The molecule has 0 spiro atoms. The van der Waals surface area contributed by atoms with Gasteiger partial charge in [-0.05, 0) is 25.0 Å². The van der Waals surface area contributed by atoms with Crippen molar-refractivity contribution in [3.63, 3.8) is 0 Å². The average molecular weight is 254 g/mol. The molecule has 0 unspecified atom stereocenters. The predicted molar refractivity (Wildman–Crippen MR) is 70.4 cm³/mol. The molecule has 3 rings (SSSR count). The van der Waals surface area contributed by atoms with E-state index in [1.54, 1.807) is 18.6 Å². The Morgan fingerprint density at radius 3 is 2.68 bits per heavy atom. The molecule has 3 heterocycles. The van der Waals surface area contributed by atoms with Gasteiger partial charge in [0.2, 0.25) is 0 Å². The van der Waals surface area contributed by atoms with Crippen LogP contribution >= 0.6 is 0 Å². The highest BCUT2D eigenvalue weighted by molar-refractivity contribution is 5.92. The minimum absolute atomic E-state index is 0.0317. The number of hydrogen-bond donors (Lipinski definition) is 0. The molecule has 1 fully saturated rings. The lowest BCUT2D eigenvalue weighted by atomic mass is 10.2. The van der Waals surface area contributed by atoms with Crippen LogP contribution in [0.1, 0.15) is 23.3 Å². The van der Waals surface area contributed by atoms with Crippen molar-refractivity contribution in [3.05, 3.63) is 42.6 Å². The van der Waals surface area contributed by atoms with E-state index >= 15 is 0 Å². The van der Waals surface area contributed by atoms with Crippen LogP contribution in [0.25, 0.3) is 11.3 Å². The maximum absolute atomic E-state index is 12.2. The van der Waals surface area contributed by atoms with Crippen molar-refractivity contribution in [1.29, 1.82) is 0 Å². The highest BCUT2D eigenvalue weighted by Gasteiger charge is 2.21. The zero-order valence-electron chi connectivity index (χ0n) is 10.5. The molecular weight excluding hydrogens is 240 g/mol. The van der Waals surface area contributed by atoms with Crippen molar-refractivity contribution >= 4 is 5.91 Å². The number of hydrogen-bond acceptors (Lipinski definition) is 4. The Kier molecular flexibility index (Phi) is 3.18. The Hall–Kier alpha value is -2.30. The van der Waals surface area contributed by atoms with Gasteiger partial charge >= 0.3 is 0 Å². The van der Waals surface area contributed by atoms with Gasteiger partial charge in [-0.3, -0.25) is 14.8 Å². The first kappa shape index (κ1) is 11.8. The van der Waals surface area contributed by atoms with E-state index in [4.69, 9.17) is 0 Å². The second-order valence-corrected chi connectivity index (χ2v) is 4.53. The fourth-order valence-corrected chi connectivity index (χ4v) is 2.20. The maximum atomic E-state index is 12.2. The lowest BCUT2D eigenvalue weighted by Crippen LogP contribution is -2.28. The smallest absolute Gasteiger partial charge is 0.274 e. The van der Waals surface area contributed by atoms with Crippen LogP contribution in [0.5, 0.6) is 0 Å². The van der Waals surface area contributed by atoms with Gasteiger partial charge in [-0.1, -0.05) is 0 Å². The van der Waals surface area contributed by atoms with Crippen molar-refractivity contribution in [1.82, 2.24) is 19.9 Å². The SMILES string of the molecule is O=C(c1cncc(-c2cccnc2)n1)N1CCCC1. The Bertz CT molecular complexity index is 579. The maximum Gasteiger partial charge on any atom is 0.274 e. The van der Waals surface area contributed by atoms with Crippen LogP contribution in [-0.2, 0) is 0 Å². The first-order valence-corrected chi connectivity index (χ1v) is 6.36. The standard InChI is InChI=1S/C14H14N4O/c19-14(18-6-1-2-7-18)13-10-16-9-12(17-13)11-4-3-5-15-8-11/h3-5,8-10H,1-2,6-7H2. The fraction of sp³-hybridized carbons (Fsp3) is 0.286. The lowest BCUT2D eigenvalue weighted by molar-refractivity contribution is 0.0786. The van der Waals surface area contributed by atoms with Crippen molar-refractivity contribution in [3.8, 4) is 11.3 Å². The Balaban J connectivity index is 1.89. The van der Waals surface area contributed by atoms with Gasteiger partial charge in [0.25, 0.3) is 5.91 Å². The summed E-state index contributed by atoms with van der Waals surface area (Å²) in [6.07, 6.45) is 8.74. The molecule has 1 amide bonds. The number of amides is 1. The first-order chi connectivity index (χ1) is 9.34. The van der Waals surface area contributed by atoms with E-state index in [1.807, 2.05) is 17.0 Å². The quantitative estimate of drug-likeness (QED) is 0.819. The summed E-state index contributed by atoms with van der Waals surface area (Å²) in [5.41, 5.74) is 1.95. The Morgan fingerprint density at radius 1 is 1.11 bits per heavy atom. The van der Waals surface area contributed by atoms with Gasteiger partial charge < -0.3 is 4.90 Å². The molecule has 2 aromatic rings. The summed E-state index contributed by atoms with van der Waals surface area (Å²) >= 11 is 0. The number of pyridine rings is 1. The van der Waals surface area contributed by atoms with Crippen molar-refractivity contribution < 1.29 is 4.79 Å². The number of rotatable bonds is 2. The predicted octanol–water partition coefficient (Wildman–Crippen LogP) is 1.77. The molecule has 2 aromatic heterocycles. The summed E-state index contributed by atoms with van der Waals surface area (Å²) in [5, 5.41) is 0. The second-order valence-electron chi connectivity index (χ2n) is 4.53. The summed E-state index contributed by atoms with van der Waals surface area (Å²) in [6, 6.07) is 3.74. The number of carbonyl (C=O) groups excluding carboxylic acids is 1. The summed E-state index contributed by atoms with van der Waals surface area (Å²) in [6.45, 7) is 1.63. The third kappa shape index (κ3) is 2.45. The monoisotopic (exact) mass is 254 g/mol. The molecule has 0 saturated carbocycles. The molecule has 1 aliphatic rings. The summed E-state index contributed by atoms with van der Waals surface area (Å²) in [4.78, 5) is 26.6. The third-order valence-corrected chi connectivity index (χ3v) is 3.20. The van der Waals surface area contributed by atoms with E-state index in [0.29, 0.717) is 11.4 Å². The molecular formula is C14H14N4O. The van der Waals surface area contributed by atoms with E-state index < -0.39 is 0 Å². The molecule has 0 N–H and O–H groups in total. The molecule has 1 saturated heterocycles. The third-order valence-electron chi connectivity index (χ3n) is 3.20. The molecule has 0 aromatic carbocycles. The number of nitrogens with zero attached hydrogens (tertiary/aromatic N) is 4. The van der Waals surface area contributed by atoms with Gasteiger partial charge in [0, 0.05) is 31.0 Å². The highest BCUT2D eigenvalue weighted by Crippen LogP contribution is 2.16. The molecule has 5 nitrogen and oxygen atoms in total. The average Bonchev–Trinajstić information content (AvgIpc) is 3.02. The van der Waals surface area contributed by atoms with Gasteiger partial charge in [-0.2, -0.15) is 0 Å². The van der Waals surface area contributed by atoms with Crippen molar-refractivity contribution in [2.75, 3.05) is 13.1 Å². The minimum atomic E-state index is -0.0317. The lowest BCUT2D eigenvalue weighted by Gasteiger charge is -2.14. The first-order valence-electron chi connectivity index (χ1n) is 6.36. The molecule has 0 aliphatic carbocycles. The largest absolute Gasteiger partial charge is 0.337 e. The summed E-state index contributed by atoms with van der Waals surface area (Å²) in [7, 11) is 0. The van der Waals surface area contributed by atoms with Crippen LogP contribution in [0.2, 0.25) is 0 Å². The molecule has 0 bridgehead atoms. The van der Waals surface area contributed by atoms with Gasteiger partial charge in [-0.25, -0.2) is 4.98 Å². The van der Waals surface area contributed by atoms with Crippen molar-refractivity contribution in [2.24, 2.45) is 0 Å². The molecule has 0 atom stereocenters. The number of aromatic nitrogens is 3. The van der Waals surface area contributed by atoms with Crippen LogP contribution in [0.3, 0.4) is 0 Å². The zero-order valence-corrected chi connectivity index (χ0v) is 10.5. The number of carbonyl (C=O) groups is 1.